The summed E-state index contributed by atoms with van der Waals surface area (Å²) in [4.78, 5) is 12.1. The van der Waals surface area contributed by atoms with Crippen LogP contribution in [0.15, 0.2) is 16.5 Å². The summed E-state index contributed by atoms with van der Waals surface area (Å²) < 4.78 is 10.5. The van der Waals surface area contributed by atoms with Gasteiger partial charge >= 0.3 is 0 Å². The second-order valence-electron chi connectivity index (χ2n) is 5.18. The summed E-state index contributed by atoms with van der Waals surface area (Å²) >= 11 is 0. The molecule has 1 aromatic rings. The molecule has 0 bridgehead atoms. The van der Waals surface area contributed by atoms with Gasteiger partial charge in [0.1, 0.15) is 12.4 Å². The van der Waals surface area contributed by atoms with Crippen LogP contribution in [-0.4, -0.2) is 12.9 Å². The van der Waals surface area contributed by atoms with Crippen LogP contribution in [0.4, 0.5) is 0 Å². The summed E-state index contributed by atoms with van der Waals surface area (Å²) in [5, 5.41) is 0. The van der Waals surface area contributed by atoms with E-state index in [9.17, 15) is 4.79 Å². The smallest absolute Gasteiger partial charge is 0.198 e. The van der Waals surface area contributed by atoms with Crippen LogP contribution in [0.25, 0.3) is 0 Å². The van der Waals surface area contributed by atoms with Crippen LogP contribution in [0, 0.1) is 5.92 Å². The molecule has 3 nitrogen and oxygen atoms in total. The fraction of sp³-hybridized carbons (Fsp3) is 0.667. The molecule has 0 N–H and O–H groups in total. The number of furan rings is 1. The molecule has 1 fully saturated rings. The maximum atomic E-state index is 12.1. The average molecular weight is 250 g/mol. The molecule has 3 heteroatoms. The van der Waals surface area contributed by atoms with Gasteiger partial charge in [-0.1, -0.05) is 38.5 Å². The first kappa shape index (κ1) is 13.3. The molecule has 0 saturated heterocycles. The molecule has 0 spiro atoms. The van der Waals surface area contributed by atoms with Crippen molar-refractivity contribution in [1.29, 1.82) is 0 Å². The van der Waals surface area contributed by atoms with Crippen molar-refractivity contribution in [3.8, 4) is 0 Å². The van der Waals surface area contributed by atoms with E-state index in [0.717, 1.165) is 5.76 Å². The second-order valence-corrected chi connectivity index (χ2v) is 5.18. The highest BCUT2D eigenvalue weighted by Gasteiger charge is 2.19. The Balaban J connectivity index is 1.89. The first-order valence-electron chi connectivity index (χ1n) is 6.90. The van der Waals surface area contributed by atoms with Crippen LogP contribution in [0.5, 0.6) is 0 Å². The topological polar surface area (TPSA) is 39.4 Å². The minimum absolute atomic E-state index is 0.143. The molecule has 1 saturated carbocycles. The Kier molecular flexibility index (Phi) is 5.00. The minimum Gasteiger partial charge on any atom is -0.456 e. The molecular weight excluding hydrogens is 228 g/mol. The number of hydrogen-bond acceptors (Lipinski definition) is 3. The lowest BCUT2D eigenvalue weighted by molar-refractivity contribution is 0.0921. The van der Waals surface area contributed by atoms with Crippen LogP contribution in [-0.2, 0) is 11.3 Å². The van der Waals surface area contributed by atoms with Gasteiger partial charge in [-0.05, 0) is 18.1 Å². The molecule has 0 radical (unpaired) electrons. The van der Waals surface area contributed by atoms with E-state index in [2.05, 4.69) is 0 Å². The molecule has 1 aliphatic rings. The summed E-state index contributed by atoms with van der Waals surface area (Å²) in [7, 11) is 1.62. The highest BCUT2D eigenvalue weighted by Crippen LogP contribution is 2.27. The van der Waals surface area contributed by atoms with E-state index in [1.54, 1.807) is 13.2 Å². The molecule has 0 unspecified atom stereocenters. The third-order valence-electron chi connectivity index (χ3n) is 3.67. The Morgan fingerprint density at radius 2 is 2.00 bits per heavy atom. The van der Waals surface area contributed by atoms with E-state index in [4.69, 9.17) is 9.15 Å². The SMILES string of the molecule is COCc1ccc(C(=O)CC2CCCCCC2)o1. The van der Waals surface area contributed by atoms with Crippen LogP contribution in [0.2, 0.25) is 0 Å². The monoisotopic (exact) mass is 250 g/mol. The number of Topliss-reactive ketones (excluding diaryl/α,β-unsaturated/α-hetero) is 1. The Morgan fingerprint density at radius 1 is 1.28 bits per heavy atom. The van der Waals surface area contributed by atoms with E-state index < -0.39 is 0 Å². The number of ether oxygens (including phenoxy) is 1. The van der Waals surface area contributed by atoms with Gasteiger partial charge in [-0.2, -0.15) is 0 Å². The summed E-state index contributed by atoms with van der Waals surface area (Å²) in [6, 6.07) is 3.59. The zero-order valence-electron chi connectivity index (χ0n) is 11.1. The predicted molar refractivity (Wildman–Crippen MR) is 69.6 cm³/mol. The molecule has 0 aromatic carbocycles. The Labute approximate surface area is 109 Å². The highest BCUT2D eigenvalue weighted by molar-refractivity contribution is 5.93. The first-order valence-corrected chi connectivity index (χ1v) is 6.90. The van der Waals surface area contributed by atoms with Gasteiger partial charge in [0.05, 0.1) is 0 Å². The maximum Gasteiger partial charge on any atom is 0.198 e. The van der Waals surface area contributed by atoms with Crippen molar-refractivity contribution in [2.45, 2.75) is 51.6 Å². The quantitative estimate of drug-likeness (QED) is 0.586. The van der Waals surface area contributed by atoms with Crippen molar-refractivity contribution in [2.75, 3.05) is 7.11 Å². The lowest BCUT2D eigenvalue weighted by Gasteiger charge is -2.11. The van der Waals surface area contributed by atoms with E-state index in [1.165, 1.54) is 38.5 Å². The van der Waals surface area contributed by atoms with Crippen molar-refractivity contribution in [2.24, 2.45) is 5.92 Å². The summed E-state index contributed by atoms with van der Waals surface area (Å²) in [5.41, 5.74) is 0. The van der Waals surface area contributed by atoms with Crippen LogP contribution < -0.4 is 0 Å². The zero-order valence-corrected chi connectivity index (χ0v) is 11.1. The number of hydrogen-bond donors (Lipinski definition) is 0. The first-order chi connectivity index (χ1) is 8.79. The minimum atomic E-state index is 0.143. The fourth-order valence-electron chi connectivity index (χ4n) is 2.68. The lowest BCUT2D eigenvalue weighted by atomic mass is 9.94. The van der Waals surface area contributed by atoms with Gasteiger partial charge in [0.2, 0.25) is 0 Å². The van der Waals surface area contributed by atoms with Crippen molar-refractivity contribution in [1.82, 2.24) is 0 Å². The standard InChI is InChI=1S/C15H22O3/c1-17-11-13-8-9-15(18-13)14(16)10-12-6-4-2-3-5-7-12/h8-9,12H,2-7,10-11H2,1H3. The molecule has 18 heavy (non-hydrogen) atoms. The van der Waals surface area contributed by atoms with Gasteiger partial charge in [0.15, 0.2) is 11.5 Å². The van der Waals surface area contributed by atoms with Gasteiger partial charge in [0, 0.05) is 13.5 Å². The van der Waals surface area contributed by atoms with E-state index >= 15 is 0 Å². The van der Waals surface area contributed by atoms with Crippen LogP contribution in [0.3, 0.4) is 0 Å². The van der Waals surface area contributed by atoms with Gasteiger partial charge in [-0.15, -0.1) is 0 Å². The van der Waals surface area contributed by atoms with Crippen molar-refractivity contribution in [3.05, 3.63) is 23.7 Å². The number of carbonyl (C=O) groups is 1. The summed E-state index contributed by atoms with van der Waals surface area (Å²) in [6.45, 7) is 0.427. The number of rotatable bonds is 5. The molecular formula is C15H22O3. The fourth-order valence-corrected chi connectivity index (χ4v) is 2.68. The number of ketones is 1. The Morgan fingerprint density at radius 3 is 2.67 bits per heavy atom. The normalized spacial score (nSPS) is 17.6. The molecule has 1 aromatic heterocycles. The van der Waals surface area contributed by atoms with Crippen molar-refractivity contribution >= 4 is 5.78 Å². The van der Waals surface area contributed by atoms with Gasteiger partial charge in [0.25, 0.3) is 0 Å². The van der Waals surface area contributed by atoms with E-state index in [0.29, 0.717) is 24.7 Å². The molecule has 0 amide bonds. The molecule has 2 rings (SSSR count). The van der Waals surface area contributed by atoms with Gasteiger partial charge < -0.3 is 9.15 Å². The summed E-state index contributed by atoms with van der Waals surface area (Å²) in [5.74, 6) is 1.91. The van der Waals surface area contributed by atoms with Crippen LogP contribution >= 0.6 is 0 Å². The largest absolute Gasteiger partial charge is 0.456 e. The molecule has 1 aliphatic carbocycles. The predicted octanol–water partition coefficient (Wildman–Crippen LogP) is 3.97. The summed E-state index contributed by atoms with van der Waals surface area (Å²) in [6.07, 6.45) is 8.21. The highest BCUT2D eigenvalue weighted by atomic mass is 16.5. The number of methoxy groups -OCH3 is 1. The number of carbonyl (C=O) groups excluding carboxylic acids is 1. The van der Waals surface area contributed by atoms with Gasteiger partial charge in [-0.3, -0.25) is 4.79 Å². The molecule has 100 valence electrons. The second kappa shape index (κ2) is 6.74. The lowest BCUT2D eigenvalue weighted by Crippen LogP contribution is -2.07. The Bertz CT molecular complexity index is 373. The van der Waals surface area contributed by atoms with Crippen molar-refractivity contribution in [3.63, 3.8) is 0 Å². The van der Waals surface area contributed by atoms with Gasteiger partial charge in [-0.25, -0.2) is 0 Å². The maximum absolute atomic E-state index is 12.1. The van der Waals surface area contributed by atoms with E-state index in [-0.39, 0.29) is 5.78 Å². The van der Waals surface area contributed by atoms with Crippen LogP contribution in [0.1, 0.15) is 61.3 Å². The molecule has 0 aliphatic heterocycles. The zero-order chi connectivity index (χ0) is 12.8. The average Bonchev–Trinajstić information content (AvgIpc) is 2.67. The third-order valence-corrected chi connectivity index (χ3v) is 3.67. The van der Waals surface area contributed by atoms with E-state index in [1.807, 2.05) is 6.07 Å². The molecule has 0 atom stereocenters. The third kappa shape index (κ3) is 3.70. The molecule has 1 heterocycles. The van der Waals surface area contributed by atoms with Crippen molar-refractivity contribution < 1.29 is 13.9 Å². The Hall–Kier alpha value is -1.09.